The Morgan fingerprint density at radius 3 is 2.29 bits per heavy atom. The first-order valence-electron chi connectivity index (χ1n) is 12.7. The molecular formula is C32H30FNS. The van der Waals surface area contributed by atoms with Crippen molar-refractivity contribution in [1.29, 1.82) is 0 Å². The van der Waals surface area contributed by atoms with Crippen LogP contribution in [0.2, 0.25) is 0 Å². The smallest absolute Gasteiger partial charge is 0.123 e. The third kappa shape index (κ3) is 4.16. The number of rotatable bonds is 4. The third-order valence-electron chi connectivity index (χ3n) is 7.76. The summed E-state index contributed by atoms with van der Waals surface area (Å²) in [4.78, 5) is 4.88. The summed E-state index contributed by atoms with van der Waals surface area (Å²) in [6.07, 6.45) is 8.78. The van der Waals surface area contributed by atoms with Gasteiger partial charge < -0.3 is 0 Å². The summed E-state index contributed by atoms with van der Waals surface area (Å²) in [6, 6.07) is 18.9. The number of hydrogen-bond donors (Lipinski definition) is 0. The van der Waals surface area contributed by atoms with E-state index in [4.69, 9.17) is 4.98 Å². The Balaban J connectivity index is 1.37. The molecule has 1 aliphatic rings. The summed E-state index contributed by atoms with van der Waals surface area (Å²) < 4.78 is 16.4. The highest BCUT2D eigenvalue weighted by Crippen LogP contribution is 2.39. The number of aromatic nitrogens is 1. The normalized spacial score (nSPS) is 14.4. The van der Waals surface area contributed by atoms with E-state index in [1.165, 1.54) is 69.0 Å². The van der Waals surface area contributed by atoms with E-state index >= 15 is 0 Å². The number of thiophene rings is 1. The van der Waals surface area contributed by atoms with Gasteiger partial charge in [0, 0.05) is 31.9 Å². The lowest BCUT2D eigenvalue weighted by atomic mass is 9.94. The molecule has 35 heavy (non-hydrogen) atoms. The van der Waals surface area contributed by atoms with Crippen LogP contribution in [0.5, 0.6) is 0 Å². The Morgan fingerprint density at radius 1 is 0.800 bits per heavy atom. The molecule has 0 radical (unpaired) electrons. The summed E-state index contributed by atoms with van der Waals surface area (Å²) in [7, 11) is 0. The van der Waals surface area contributed by atoms with Gasteiger partial charge in [-0.2, -0.15) is 0 Å². The second kappa shape index (κ2) is 8.87. The minimum atomic E-state index is -0.172. The Bertz CT molecular complexity index is 1550. The molecule has 0 amide bonds. The molecule has 0 unspecified atom stereocenters. The van der Waals surface area contributed by atoms with Crippen LogP contribution >= 0.6 is 11.3 Å². The number of benzene rings is 3. The SMILES string of the molecule is Cc1cc(-c2ccc3sc4cc(-c5c(C)cc(F)cc5C)ccc4c3c2)ncc1CC1CCCC1. The largest absolute Gasteiger partial charge is 0.256 e. The van der Waals surface area contributed by atoms with Crippen molar-refractivity contribution in [3.63, 3.8) is 0 Å². The Labute approximate surface area is 210 Å². The van der Waals surface area contributed by atoms with Gasteiger partial charge in [0.25, 0.3) is 0 Å². The van der Waals surface area contributed by atoms with Crippen LogP contribution in [0.3, 0.4) is 0 Å². The summed E-state index contributed by atoms with van der Waals surface area (Å²) >= 11 is 1.82. The van der Waals surface area contributed by atoms with Gasteiger partial charge in [0.05, 0.1) is 5.69 Å². The molecule has 1 nitrogen and oxygen atoms in total. The van der Waals surface area contributed by atoms with Crippen molar-refractivity contribution in [1.82, 2.24) is 4.98 Å². The fourth-order valence-corrected chi connectivity index (χ4v) is 7.07. The van der Waals surface area contributed by atoms with Crippen LogP contribution in [-0.2, 0) is 6.42 Å². The molecule has 3 aromatic carbocycles. The molecule has 0 atom stereocenters. The van der Waals surface area contributed by atoms with Crippen molar-refractivity contribution < 1.29 is 4.39 Å². The number of halogens is 1. The lowest BCUT2D eigenvalue weighted by Crippen LogP contribution is -2.02. The van der Waals surface area contributed by atoms with E-state index in [9.17, 15) is 4.39 Å². The minimum absolute atomic E-state index is 0.172. The van der Waals surface area contributed by atoms with Crippen molar-refractivity contribution in [3.05, 3.63) is 88.9 Å². The third-order valence-corrected chi connectivity index (χ3v) is 8.89. The van der Waals surface area contributed by atoms with Gasteiger partial charge in [-0.3, -0.25) is 4.98 Å². The zero-order valence-electron chi connectivity index (χ0n) is 20.6. The molecule has 1 saturated carbocycles. The highest BCUT2D eigenvalue weighted by atomic mass is 32.1. The van der Waals surface area contributed by atoms with Gasteiger partial charge in [0.1, 0.15) is 5.82 Å². The molecular weight excluding hydrogens is 449 g/mol. The first-order chi connectivity index (χ1) is 17.0. The number of hydrogen-bond acceptors (Lipinski definition) is 2. The zero-order valence-corrected chi connectivity index (χ0v) is 21.4. The fourth-order valence-electron chi connectivity index (χ4n) is 5.94. The molecule has 6 rings (SSSR count). The van der Waals surface area contributed by atoms with Crippen molar-refractivity contribution >= 4 is 31.5 Å². The van der Waals surface area contributed by atoms with E-state index in [-0.39, 0.29) is 5.82 Å². The molecule has 2 heterocycles. The Morgan fingerprint density at radius 2 is 1.54 bits per heavy atom. The van der Waals surface area contributed by atoms with Gasteiger partial charge in [-0.15, -0.1) is 11.3 Å². The van der Waals surface area contributed by atoms with E-state index in [1.54, 1.807) is 12.1 Å². The number of fused-ring (bicyclic) bond motifs is 3. The van der Waals surface area contributed by atoms with Crippen molar-refractivity contribution in [2.75, 3.05) is 0 Å². The highest BCUT2D eigenvalue weighted by Gasteiger charge is 2.17. The molecule has 0 saturated heterocycles. The van der Waals surface area contributed by atoms with Gasteiger partial charge in [-0.05, 0) is 103 Å². The van der Waals surface area contributed by atoms with Crippen LogP contribution in [0.15, 0.2) is 60.8 Å². The van der Waals surface area contributed by atoms with E-state index in [0.717, 1.165) is 33.9 Å². The van der Waals surface area contributed by atoms with Crippen molar-refractivity contribution in [2.45, 2.75) is 52.9 Å². The maximum absolute atomic E-state index is 13.8. The maximum atomic E-state index is 13.8. The van der Waals surface area contributed by atoms with Crippen LogP contribution in [0.4, 0.5) is 4.39 Å². The second-order valence-electron chi connectivity index (χ2n) is 10.3. The number of pyridine rings is 1. The number of nitrogens with zero attached hydrogens (tertiary/aromatic N) is 1. The Kier molecular flexibility index (Phi) is 5.69. The molecule has 176 valence electrons. The van der Waals surface area contributed by atoms with Crippen LogP contribution < -0.4 is 0 Å². The molecule has 2 aromatic heterocycles. The molecule has 0 N–H and O–H groups in total. The fraction of sp³-hybridized carbons (Fsp3) is 0.281. The average molecular weight is 480 g/mol. The summed E-state index contributed by atoms with van der Waals surface area (Å²) in [5.74, 6) is 0.664. The summed E-state index contributed by atoms with van der Waals surface area (Å²) in [6.45, 7) is 6.20. The highest BCUT2D eigenvalue weighted by molar-refractivity contribution is 7.25. The molecule has 1 fully saturated rings. The molecule has 5 aromatic rings. The molecule has 0 spiro atoms. The van der Waals surface area contributed by atoms with Crippen molar-refractivity contribution in [3.8, 4) is 22.4 Å². The topological polar surface area (TPSA) is 12.9 Å². The predicted octanol–water partition coefficient (Wildman–Crippen LogP) is 9.58. The minimum Gasteiger partial charge on any atom is -0.256 e. The Hall–Kier alpha value is -3.04. The average Bonchev–Trinajstić information content (AvgIpc) is 3.46. The lowest BCUT2D eigenvalue weighted by Gasteiger charge is -2.12. The van der Waals surface area contributed by atoms with Crippen LogP contribution in [0.25, 0.3) is 42.6 Å². The number of aryl methyl sites for hydroxylation is 3. The first kappa shape index (κ1) is 22.4. The van der Waals surface area contributed by atoms with Gasteiger partial charge in [-0.1, -0.05) is 43.9 Å². The summed E-state index contributed by atoms with van der Waals surface area (Å²) in [5, 5.41) is 2.54. The van der Waals surface area contributed by atoms with Gasteiger partial charge >= 0.3 is 0 Å². The lowest BCUT2D eigenvalue weighted by molar-refractivity contribution is 0.544. The van der Waals surface area contributed by atoms with Crippen LogP contribution in [0.1, 0.15) is 47.9 Å². The quantitative estimate of drug-likeness (QED) is 0.250. The molecule has 3 heteroatoms. The monoisotopic (exact) mass is 479 g/mol. The first-order valence-corrected chi connectivity index (χ1v) is 13.5. The predicted molar refractivity (Wildman–Crippen MR) is 148 cm³/mol. The standard InChI is InChI=1S/C32H30FNS/c1-19-14-29(34-18-25(19)15-22-6-4-5-7-22)23-9-11-30-28(16-23)27-10-8-24(17-31(27)35-30)32-20(2)12-26(33)13-21(32)3/h8-14,16-18,22H,4-7,15H2,1-3H3. The van der Waals surface area contributed by atoms with E-state index in [2.05, 4.69) is 55.6 Å². The van der Waals surface area contributed by atoms with Gasteiger partial charge in [0.2, 0.25) is 0 Å². The molecule has 0 bridgehead atoms. The van der Waals surface area contributed by atoms with E-state index in [0.29, 0.717) is 0 Å². The van der Waals surface area contributed by atoms with Gasteiger partial charge in [-0.25, -0.2) is 4.39 Å². The second-order valence-corrected chi connectivity index (χ2v) is 11.4. The molecule has 0 aliphatic heterocycles. The van der Waals surface area contributed by atoms with Gasteiger partial charge in [0.15, 0.2) is 0 Å². The summed E-state index contributed by atoms with van der Waals surface area (Å²) in [5.41, 5.74) is 9.20. The van der Waals surface area contributed by atoms with E-state index < -0.39 is 0 Å². The van der Waals surface area contributed by atoms with E-state index in [1.807, 2.05) is 25.2 Å². The zero-order chi connectivity index (χ0) is 24.1. The molecule has 1 aliphatic carbocycles. The van der Waals surface area contributed by atoms with Crippen molar-refractivity contribution in [2.24, 2.45) is 5.92 Å². The van der Waals surface area contributed by atoms with Crippen LogP contribution in [0, 0.1) is 32.5 Å². The maximum Gasteiger partial charge on any atom is 0.123 e. The van der Waals surface area contributed by atoms with Crippen LogP contribution in [-0.4, -0.2) is 4.98 Å².